The predicted octanol–water partition coefficient (Wildman–Crippen LogP) is 8.92. The van der Waals surface area contributed by atoms with E-state index in [9.17, 15) is 0 Å². The molecule has 1 unspecified atom stereocenters. The Morgan fingerprint density at radius 1 is 0.707 bits per heavy atom. The molecule has 0 aliphatic heterocycles. The number of aryl methyl sites for hydroxylation is 1. The maximum Gasteiger partial charge on any atom is 0.135 e. The normalized spacial score (nSPS) is 14.1. The van der Waals surface area contributed by atoms with E-state index in [2.05, 4.69) is 159 Å². The molecule has 0 amide bonds. The average molecular weight is 569 g/mol. The van der Waals surface area contributed by atoms with Gasteiger partial charge in [-0.15, -0.1) is 0 Å². The lowest BCUT2D eigenvalue weighted by atomic mass is 10.2. The monoisotopic (exact) mass is 568 g/mol. The largest absolute Gasteiger partial charge is 0.456 e. The van der Waals surface area contributed by atoms with E-state index < -0.39 is 15.8 Å². The van der Waals surface area contributed by atoms with Crippen LogP contribution in [-0.4, -0.2) is 0 Å². The first-order valence-electron chi connectivity index (χ1n) is 13.8. The molecule has 0 heterocycles. The van der Waals surface area contributed by atoms with E-state index in [0.717, 1.165) is 17.7 Å². The summed E-state index contributed by atoms with van der Waals surface area (Å²) in [5, 5.41) is 6.45. The molecule has 1 aliphatic carbocycles. The predicted molar refractivity (Wildman–Crippen MR) is 182 cm³/mol. The van der Waals surface area contributed by atoms with Crippen LogP contribution >= 0.6 is 15.8 Å². The van der Waals surface area contributed by atoms with E-state index in [1.54, 1.807) is 6.08 Å². The molecule has 0 saturated carbocycles. The highest BCUT2D eigenvalue weighted by atomic mass is 31.1. The van der Waals surface area contributed by atoms with Gasteiger partial charge in [0, 0.05) is 13.2 Å². The molecule has 0 bridgehead atoms. The van der Waals surface area contributed by atoms with Crippen LogP contribution in [-0.2, 0) is 0 Å². The molecule has 4 aromatic rings. The fourth-order valence-electron chi connectivity index (χ4n) is 4.75. The van der Waals surface area contributed by atoms with Crippen LogP contribution in [0.15, 0.2) is 181 Å². The number of ether oxygens (including phenoxy) is 1. The van der Waals surface area contributed by atoms with Crippen molar-refractivity contribution in [2.45, 2.75) is 13.3 Å². The zero-order valence-electron chi connectivity index (χ0n) is 23.3. The van der Waals surface area contributed by atoms with Crippen molar-refractivity contribution in [1.82, 2.24) is 0 Å². The molecule has 41 heavy (non-hydrogen) atoms. The molecule has 5 rings (SSSR count). The number of hydrogen-bond acceptors (Lipinski definition) is 1. The highest BCUT2D eigenvalue weighted by Crippen LogP contribution is 2.54. The quantitative estimate of drug-likeness (QED) is 0.105. The summed E-state index contributed by atoms with van der Waals surface area (Å²) >= 11 is 0. The molecular formula is C38H34OP2. The van der Waals surface area contributed by atoms with E-state index in [1.165, 1.54) is 32.1 Å². The second kappa shape index (κ2) is 14.6. The number of hydrogen-bond donors (Lipinski definition) is 0. The topological polar surface area (TPSA) is 9.23 Å². The number of benzene rings is 4. The third-order valence-corrected chi connectivity index (χ3v) is 11.7. The Morgan fingerprint density at radius 2 is 1.34 bits per heavy atom. The lowest BCUT2D eigenvalue weighted by molar-refractivity contribution is 0.467. The molecule has 3 heteroatoms. The van der Waals surface area contributed by atoms with Crippen molar-refractivity contribution in [2.24, 2.45) is 0 Å². The highest BCUT2D eigenvalue weighted by Gasteiger charge is 2.26. The minimum Gasteiger partial charge on any atom is -0.456 e. The summed E-state index contributed by atoms with van der Waals surface area (Å²) in [6, 6.07) is 38.8. The SMILES string of the molecule is C=C/C=C\C=C(\Oc1ccccc1P(c1ccccc1)c1ccccc1)P(C1=CC=CC=CC1)c1ccccc1C. The Labute approximate surface area is 247 Å². The number of allylic oxidation sites excluding steroid dienone is 10. The summed E-state index contributed by atoms with van der Waals surface area (Å²) in [5.74, 6) is 0.894. The van der Waals surface area contributed by atoms with Crippen LogP contribution in [0.4, 0.5) is 0 Å². The minimum absolute atomic E-state index is 0.828. The van der Waals surface area contributed by atoms with Gasteiger partial charge in [0.25, 0.3) is 0 Å². The molecule has 0 radical (unpaired) electrons. The van der Waals surface area contributed by atoms with Gasteiger partial charge in [-0.2, -0.15) is 0 Å². The third kappa shape index (κ3) is 7.20. The van der Waals surface area contributed by atoms with Crippen molar-refractivity contribution in [3.63, 3.8) is 0 Å². The van der Waals surface area contributed by atoms with E-state index in [0.29, 0.717) is 0 Å². The van der Waals surface area contributed by atoms with Gasteiger partial charge in [-0.1, -0.05) is 158 Å². The van der Waals surface area contributed by atoms with Gasteiger partial charge in [-0.25, -0.2) is 0 Å². The van der Waals surface area contributed by atoms with Crippen LogP contribution in [0.3, 0.4) is 0 Å². The summed E-state index contributed by atoms with van der Waals surface area (Å²) in [7, 11) is -1.76. The molecule has 0 fully saturated rings. The second-order valence-electron chi connectivity index (χ2n) is 9.50. The highest BCUT2D eigenvalue weighted by molar-refractivity contribution is 7.80. The van der Waals surface area contributed by atoms with Gasteiger partial charge in [0.05, 0.1) is 0 Å². The van der Waals surface area contributed by atoms with Crippen LogP contribution in [0, 0.1) is 6.92 Å². The fraction of sp³-hybridized carbons (Fsp3) is 0.0526. The number of rotatable bonds is 10. The smallest absolute Gasteiger partial charge is 0.135 e. The molecule has 1 atom stereocenters. The van der Waals surface area contributed by atoms with Gasteiger partial charge in [-0.05, 0) is 60.2 Å². The van der Waals surface area contributed by atoms with Crippen LogP contribution in [0.25, 0.3) is 0 Å². The van der Waals surface area contributed by atoms with E-state index >= 15 is 0 Å². The van der Waals surface area contributed by atoms with Gasteiger partial charge >= 0.3 is 0 Å². The van der Waals surface area contributed by atoms with E-state index in [4.69, 9.17) is 4.74 Å². The summed E-state index contributed by atoms with van der Waals surface area (Å²) < 4.78 is 7.11. The van der Waals surface area contributed by atoms with Crippen LogP contribution in [0.5, 0.6) is 5.75 Å². The Bertz CT molecular complexity index is 1570. The summed E-state index contributed by atoms with van der Waals surface area (Å²) in [5.41, 5.74) is 2.22. The molecule has 0 aromatic heterocycles. The van der Waals surface area contributed by atoms with Crippen LogP contribution in [0.2, 0.25) is 0 Å². The minimum atomic E-state index is -0.937. The van der Waals surface area contributed by atoms with Crippen molar-refractivity contribution >= 4 is 37.1 Å². The van der Waals surface area contributed by atoms with Gasteiger partial charge in [0.1, 0.15) is 11.2 Å². The summed E-state index contributed by atoms with van der Waals surface area (Å²) in [4.78, 5) is 0. The molecule has 0 spiro atoms. The zero-order chi connectivity index (χ0) is 28.3. The fourth-order valence-corrected chi connectivity index (χ4v) is 9.57. The Kier molecular flexibility index (Phi) is 10.1. The molecule has 0 saturated heterocycles. The first kappa shape index (κ1) is 28.5. The van der Waals surface area contributed by atoms with Crippen LogP contribution in [0.1, 0.15) is 12.0 Å². The maximum atomic E-state index is 7.11. The second-order valence-corrected chi connectivity index (χ2v) is 13.9. The molecule has 1 aliphatic rings. The number of para-hydroxylation sites is 1. The van der Waals surface area contributed by atoms with E-state index in [-0.39, 0.29) is 0 Å². The zero-order valence-corrected chi connectivity index (χ0v) is 25.1. The average Bonchev–Trinajstić information content (AvgIpc) is 3.30. The van der Waals surface area contributed by atoms with Gasteiger partial charge in [0.15, 0.2) is 0 Å². The summed E-state index contributed by atoms with van der Waals surface area (Å²) in [6.07, 6.45) is 19.7. The molecule has 4 aromatic carbocycles. The van der Waals surface area contributed by atoms with Crippen LogP contribution < -0.4 is 26.0 Å². The maximum absolute atomic E-state index is 7.11. The molecule has 1 nitrogen and oxygen atoms in total. The van der Waals surface area contributed by atoms with Crippen molar-refractivity contribution in [1.29, 1.82) is 0 Å². The standard InChI is InChI=1S/C38H34OP2/c1-3-4-9-30-38(41(34-25-10-5-6-11-26-34)36-28-18-16-20-31(36)2)39-35-27-17-19-29-37(35)40(32-21-12-7-13-22-32)33-23-14-8-15-24-33/h3-25,27-30H,1,26H2,2H3/b9-4-,38-30-. The van der Waals surface area contributed by atoms with Gasteiger partial charge in [-0.3, -0.25) is 0 Å². The molecular weight excluding hydrogens is 534 g/mol. The van der Waals surface area contributed by atoms with Crippen molar-refractivity contribution in [3.8, 4) is 5.75 Å². The van der Waals surface area contributed by atoms with Crippen molar-refractivity contribution in [2.75, 3.05) is 0 Å². The molecule has 202 valence electrons. The van der Waals surface area contributed by atoms with Crippen molar-refractivity contribution < 1.29 is 4.74 Å². The Balaban J connectivity index is 1.66. The molecule has 0 N–H and O–H groups in total. The first-order chi connectivity index (χ1) is 20.3. The van der Waals surface area contributed by atoms with Gasteiger partial charge < -0.3 is 4.74 Å². The third-order valence-electron chi connectivity index (χ3n) is 6.67. The Hall–Kier alpha value is -4.02. The summed E-state index contributed by atoms with van der Waals surface area (Å²) in [6.45, 7) is 6.08. The van der Waals surface area contributed by atoms with E-state index in [1.807, 2.05) is 12.2 Å². The van der Waals surface area contributed by atoms with Crippen molar-refractivity contribution in [3.05, 3.63) is 187 Å². The Morgan fingerprint density at radius 3 is 2.02 bits per heavy atom. The van der Waals surface area contributed by atoms with Gasteiger partial charge in [0.2, 0.25) is 0 Å². The first-order valence-corrected chi connectivity index (χ1v) is 16.5. The lowest BCUT2D eigenvalue weighted by Gasteiger charge is -2.27. The lowest BCUT2D eigenvalue weighted by Crippen LogP contribution is -2.22.